The van der Waals surface area contributed by atoms with Crippen LogP contribution in [0, 0.1) is 0 Å². The van der Waals surface area contributed by atoms with Crippen molar-refractivity contribution in [2.75, 3.05) is 0 Å². The van der Waals surface area contributed by atoms with E-state index in [1.165, 1.54) is 0 Å². The van der Waals surface area contributed by atoms with Crippen molar-refractivity contribution in [3.63, 3.8) is 0 Å². The Morgan fingerprint density at radius 3 is 1.38 bits per heavy atom. The van der Waals surface area contributed by atoms with Crippen molar-refractivity contribution in [1.82, 2.24) is 0 Å². The summed E-state index contributed by atoms with van der Waals surface area (Å²) >= 11 is 12.0. The number of benzene rings is 2. The van der Waals surface area contributed by atoms with Gasteiger partial charge < -0.3 is 0 Å². The van der Waals surface area contributed by atoms with Crippen LogP contribution in [0.4, 0.5) is 0 Å². The summed E-state index contributed by atoms with van der Waals surface area (Å²) < 4.78 is 0. The summed E-state index contributed by atoms with van der Waals surface area (Å²) in [6, 6.07) is 14.1. The van der Waals surface area contributed by atoms with Crippen molar-refractivity contribution in [2.45, 2.75) is 21.8 Å². The van der Waals surface area contributed by atoms with E-state index >= 15 is 0 Å². The first-order valence-corrected chi connectivity index (χ1v) is 9.68. The van der Waals surface area contributed by atoms with Crippen molar-refractivity contribution in [3.05, 3.63) is 69.7 Å². The molecular weight excluding hydrogens is 374 g/mol. The molecule has 0 saturated carbocycles. The molecule has 1 heterocycles. The van der Waals surface area contributed by atoms with Gasteiger partial charge in [0, 0.05) is 0 Å². The van der Waals surface area contributed by atoms with Gasteiger partial charge in [-0.1, -0.05) is 0 Å². The fourth-order valence-corrected chi connectivity index (χ4v) is 6.09. The monoisotopic (exact) mass is 388 g/mol. The third-order valence-corrected chi connectivity index (χ3v) is 7.06. The van der Waals surface area contributed by atoms with Crippen LogP contribution in [0.5, 0.6) is 0 Å². The Morgan fingerprint density at radius 1 is 0.714 bits per heavy atom. The van der Waals surface area contributed by atoms with E-state index in [9.17, 15) is 10.2 Å². The minimum absolute atomic E-state index is 0.169. The molecule has 2 aromatic carbocycles. The van der Waals surface area contributed by atoms with Gasteiger partial charge in [-0.25, -0.2) is 0 Å². The van der Waals surface area contributed by atoms with Gasteiger partial charge in [-0.05, 0) is 0 Å². The van der Waals surface area contributed by atoms with Crippen molar-refractivity contribution >= 4 is 38.2 Å². The fourth-order valence-electron chi connectivity index (χ4n) is 2.68. The van der Waals surface area contributed by atoms with E-state index < -0.39 is 11.2 Å². The predicted molar refractivity (Wildman–Crippen MR) is 86.1 cm³/mol. The van der Waals surface area contributed by atoms with Gasteiger partial charge in [0.2, 0.25) is 0 Å². The number of hydrogen-bond acceptors (Lipinski definition) is 2. The van der Waals surface area contributed by atoms with Crippen LogP contribution in [-0.2, 0) is 11.2 Å². The van der Waals surface area contributed by atoms with Gasteiger partial charge in [0.05, 0.1) is 0 Å². The first kappa shape index (κ1) is 15.4. The Balaban J connectivity index is 2.08. The second-order valence-corrected chi connectivity index (χ2v) is 8.17. The Morgan fingerprint density at radius 2 is 1.05 bits per heavy atom. The molecule has 5 heteroatoms. The summed E-state index contributed by atoms with van der Waals surface area (Å²) in [4.78, 5) is 0. The topological polar surface area (TPSA) is 40.5 Å². The molecule has 0 amide bonds. The van der Waals surface area contributed by atoms with Crippen LogP contribution in [0.3, 0.4) is 0 Å². The SMILES string of the molecule is O[C@@]1(c2ccc(Cl)cc2)C[Se]C[C@]1(O)c1ccc(Cl)cc1. The van der Waals surface area contributed by atoms with E-state index in [1.54, 1.807) is 48.5 Å². The van der Waals surface area contributed by atoms with E-state index in [0.29, 0.717) is 31.8 Å². The van der Waals surface area contributed by atoms with Crippen molar-refractivity contribution < 1.29 is 10.2 Å². The predicted octanol–water partition coefficient (Wildman–Crippen LogP) is 3.62. The van der Waals surface area contributed by atoms with Gasteiger partial charge in [0.1, 0.15) is 0 Å². The molecule has 110 valence electrons. The average Bonchev–Trinajstić information content (AvgIpc) is 2.78. The second-order valence-electron chi connectivity index (χ2n) is 5.23. The molecular formula is C16H14Cl2O2Se. The summed E-state index contributed by atoms with van der Waals surface area (Å²) in [5.41, 5.74) is -1.18. The fraction of sp³-hybridized carbons (Fsp3) is 0.250. The Labute approximate surface area is 139 Å². The molecule has 0 bridgehead atoms. The second kappa shape index (κ2) is 5.58. The number of rotatable bonds is 2. The first-order valence-electron chi connectivity index (χ1n) is 6.50. The summed E-state index contributed by atoms with van der Waals surface area (Å²) in [5, 5.41) is 24.7. The van der Waals surface area contributed by atoms with Gasteiger partial charge in [0.15, 0.2) is 0 Å². The molecule has 0 spiro atoms. The summed E-state index contributed by atoms with van der Waals surface area (Å²) in [6.07, 6.45) is 0. The van der Waals surface area contributed by atoms with Gasteiger partial charge >= 0.3 is 140 Å². The van der Waals surface area contributed by atoms with E-state index in [2.05, 4.69) is 0 Å². The van der Waals surface area contributed by atoms with Crippen LogP contribution < -0.4 is 0 Å². The first-order chi connectivity index (χ1) is 9.96. The van der Waals surface area contributed by atoms with Crippen LogP contribution in [0.2, 0.25) is 20.7 Å². The third-order valence-electron chi connectivity index (χ3n) is 3.95. The molecule has 1 saturated heterocycles. The maximum absolute atomic E-state index is 11.2. The standard InChI is InChI=1S/C16H14Cl2O2Se/c17-13-5-1-11(2-6-13)15(19)9-21-10-16(15,20)12-3-7-14(18)8-4-12/h1-8,19-20H,9-10H2/t15-,16+. The molecule has 3 rings (SSSR count). The minimum atomic E-state index is -1.29. The van der Waals surface area contributed by atoms with Gasteiger partial charge in [-0.15, -0.1) is 0 Å². The quantitative estimate of drug-likeness (QED) is 0.772. The van der Waals surface area contributed by atoms with Crippen LogP contribution in [0.1, 0.15) is 11.1 Å². The molecule has 1 aliphatic rings. The van der Waals surface area contributed by atoms with Gasteiger partial charge in [-0.3, -0.25) is 0 Å². The van der Waals surface area contributed by atoms with Crippen LogP contribution in [-0.4, -0.2) is 25.2 Å². The maximum atomic E-state index is 11.2. The zero-order valence-corrected chi connectivity index (χ0v) is 14.3. The molecule has 1 aliphatic heterocycles. The molecule has 2 aromatic rings. The van der Waals surface area contributed by atoms with E-state index in [-0.39, 0.29) is 15.0 Å². The van der Waals surface area contributed by atoms with Gasteiger partial charge in [0.25, 0.3) is 0 Å². The summed E-state index contributed by atoms with van der Waals surface area (Å²) in [6.45, 7) is 0. The molecule has 0 aromatic heterocycles. The zero-order chi connectivity index (χ0) is 15.1. The van der Waals surface area contributed by atoms with Crippen LogP contribution in [0.15, 0.2) is 48.5 Å². The van der Waals surface area contributed by atoms with Crippen molar-refractivity contribution in [3.8, 4) is 0 Å². The number of halogens is 2. The summed E-state index contributed by atoms with van der Waals surface area (Å²) in [5.74, 6) is 0. The van der Waals surface area contributed by atoms with E-state index in [4.69, 9.17) is 23.2 Å². The third kappa shape index (κ3) is 2.53. The Hall–Kier alpha value is -0.541. The normalized spacial score (nSPS) is 28.8. The number of aliphatic hydroxyl groups is 2. The van der Waals surface area contributed by atoms with Crippen LogP contribution >= 0.6 is 23.2 Å². The molecule has 2 nitrogen and oxygen atoms in total. The molecule has 2 N–H and O–H groups in total. The van der Waals surface area contributed by atoms with Gasteiger partial charge in [-0.2, -0.15) is 0 Å². The molecule has 0 aliphatic carbocycles. The molecule has 0 radical (unpaired) electrons. The van der Waals surface area contributed by atoms with E-state index in [0.717, 1.165) is 0 Å². The average molecular weight is 388 g/mol. The van der Waals surface area contributed by atoms with Crippen molar-refractivity contribution in [1.29, 1.82) is 0 Å². The summed E-state index contributed by atoms with van der Waals surface area (Å²) in [7, 11) is 0. The van der Waals surface area contributed by atoms with E-state index in [1.807, 2.05) is 0 Å². The molecule has 2 atom stereocenters. The molecule has 0 unspecified atom stereocenters. The molecule has 21 heavy (non-hydrogen) atoms. The zero-order valence-electron chi connectivity index (χ0n) is 11.1. The Kier molecular flexibility index (Phi) is 4.08. The van der Waals surface area contributed by atoms with Crippen LogP contribution in [0.25, 0.3) is 0 Å². The Bertz CT molecular complexity index is 587. The van der Waals surface area contributed by atoms with Crippen molar-refractivity contribution in [2.24, 2.45) is 0 Å². The number of hydrogen-bond donors (Lipinski definition) is 2. The molecule has 1 fully saturated rings.